The molecular formula is C18H21F2N. The summed E-state index contributed by atoms with van der Waals surface area (Å²) in [6.45, 7) is 2.15. The zero-order valence-corrected chi connectivity index (χ0v) is 12.5. The van der Waals surface area contributed by atoms with Crippen molar-refractivity contribution >= 4 is 0 Å². The molecule has 0 radical (unpaired) electrons. The summed E-state index contributed by atoms with van der Waals surface area (Å²) in [4.78, 5) is 0. The van der Waals surface area contributed by atoms with Gasteiger partial charge in [0.25, 0.3) is 0 Å². The number of hydrogen-bond donors (Lipinski definition) is 1. The normalized spacial score (nSPS) is 12.4. The lowest BCUT2D eigenvalue weighted by Crippen LogP contribution is -2.19. The molecule has 2 aromatic rings. The van der Waals surface area contributed by atoms with Crippen molar-refractivity contribution in [2.45, 2.75) is 32.2 Å². The maximum absolute atomic E-state index is 13.8. The Bertz CT molecular complexity index is 596. The van der Waals surface area contributed by atoms with Gasteiger partial charge in [-0.2, -0.15) is 0 Å². The highest BCUT2D eigenvalue weighted by Gasteiger charge is 2.13. The molecule has 2 aromatic carbocycles. The van der Waals surface area contributed by atoms with E-state index in [0.717, 1.165) is 24.5 Å². The lowest BCUT2D eigenvalue weighted by molar-refractivity contribution is 0.540. The van der Waals surface area contributed by atoms with E-state index in [4.69, 9.17) is 0 Å². The third kappa shape index (κ3) is 4.11. The van der Waals surface area contributed by atoms with Crippen LogP contribution in [0.2, 0.25) is 0 Å². The lowest BCUT2D eigenvalue weighted by Gasteiger charge is -2.18. The van der Waals surface area contributed by atoms with Gasteiger partial charge < -0.3 is 5.32 Å². The van der Waals surface area contributed by atoms with Gasteiger partial charge in [0, 0.05) is 12.1 Å². The molecule has 112 valence electrons. The predicted molar refractivity (Wildman–Crippen MR) is 82.3 cm³/mol. The second-order valence-electron chi connectivity index (χ2n) is 5.28. The van der Waals surface area contributed by atoms with Gasteiger partial charge in [-0.05, 0) is 42.6 Å². The molecule has 0 heterocycles. The average molecular weight is 289 g/mol. The molecule has 3 heteroatoms. The Morgan fingerprint density at radius 3 is 2.57 bits per heavy atom. The average Bonchev–Trinajstić information content (AvgIpc) is 2.47. The van der Waals surface area contributed by atoms with Crippen LogP contribution in [0.3, 0.4) is 0 Å². The van der Waals surface area contributed by atoms with E-state index < -0.39 is 11.6 Å². The van der Waals surface area contributed by atoms with Gasteiger partial charge >= 0.3 is 0 Å². The maximum Gasteiger partial charge on any atom is 0.129 e. The van der Waals surface area contributed by atoms with E-state index in [2.05, 4.69) is 24.4 Å². The zero-order valence-electron chi connectivity index (χ0n) is 12.5. The summed E-state index contributed by atoms with van der Waals surface area (Å²) < 4.78 is 26.8. The summed E-state index contributed by atoms with van der Waals surface area (Å²) in [5.74, 6) is -1.03. The van der Waals surface area contributed by atoms with Crippen molar-refractivity contribution in [3.63, 3.8) is 0 Å². The summed E-state index contributed by atoms with van der Waals surface area (Å²) in [6.07, 6.45) is 2.63. The minimum atomic E-state index is -0.540. The van der Waals surface area contributed by atoms with E-state index in [-0.39, 0.29) is 6.04 Å². The quantitative estimate of drug-likeness (QED) is 0.830. The molecule has 21 heavy (non-hydrogen) atoms. The van der Waals surface area contributed by atoms with Crippen LogP contribution in [0.25, 0.3) is 0 Å². The fraction of sp³-hybridized carbons (Fsp3) is 0.333. The van der Waals surface area contributed by atoms with Gasteiger partial charge in [0.05, 0.1) is 0 Å². The molecule has 1 nitrogen and oxygen atoms in total. The number of nitrogens with one attached hydrogen (secondary N) is 1. The molecule has 2 rings (SSSR count). The van der Waals surface area contributed by atoms with Crippen LogP contribution < -0.4 is 5.32 Å². The first kappa shape index (κ1) is 15.6. The van der Waals surface area contributed by atoms with Crippen molar-refractivity contribution in [1.29, 1.82) is 0 Å². The topological polar surface area (TPSA) is 12.0 Å². The number of benzene rings is 2. The second kappa shape index (κ2) is 7.32. The zero-order chi connectivity index (χ0) is 15.2. The molecule has 0 aromatic heterocycles. The molecule has 0 bridgehead atoms. The van der Waals surface area contributed by atoms with Gasteiger partial charge in [-0.25, -0.2) is 8.78 Å². The highest BCUT2D eigenvalue weighted by Crippen LogP contribution is 2.22. The highest BCUT2D eigenvalue weighted by molar-refractivity contribution is 5.29. The highest BCUT2D eigenvalue weighted by atomic mass is 19.1. The maximum atomic E-state index is 13.8. The summed E-state index contributed by atoms with van der Waals surface area (Å²) in [5, 5.41) is 3.22. The molecule has 1 unspecified atom stereocenters. The molecule has 1 atom stereocenters. The van der Waals surface area contributed by atoms with Crippen molar-refractivity contribution in [2.75, 3.05) is 7.05 Å². The predicted octanol–water partition coefficient (Wildman–Crippen LogP) is 4.42. The van der Waals surface area contributed by atoms with Crippen LogP contribution in [0.1, 0.15) is 36.1 Å². The number of rotatable bonds is 6. The third-order valence-corrected chi connectivity index (χ3v) is 3.68. The largest absolute Gasteiger partial charge is 0.313 e. The van der Waals surface area contributed by atoms with E-state index in [9.17, 15) is 8.78 Å². The Morgan fingerprint density at radius 1 is 1.10 bits per heavy atom. The Hall–Kier alpha value is -1.74. The van der Waals surface area contributed by atoms with E-state index in [1.807, 2.05) is 19.2 Å². The van der Waals surface area contributed by atoms with Crippen molar-refractivity contribution in [2.24, 2.45) is 0 Å². The van der Waals surface area contributed by atoms with Crippen molar-refractivity contribution in [1.82, 2.24) is 5.32 Å². The van der Waals surface area contributed by atoms with Crippen LogP contribution in [0.15, 0.2) is 42.5 Å². The monoisotopic (exact) mass is 289 g/mol. The minimum absolute atomic E-state index is 0.0155. The lowest BCUT2D eigenvalue weighted by atomic mass is 9.96. The van der Waals surface area contributed by atoms with Crippen LogP contribution in [0, 0.1) is 11.6 Å². The third-order valence-electron chi connectivity index (χ3n) is 3.68. The summed E-state index contributed by atoms with van der Waals surface area (Å²) in [6, 6.07) is 12.1. The molecule has 0 saturated carbocycles. The van der Waals surface area contributed by atoms with Gasteiger partial charge in [-0.1, -0.05) is 43.7 Å². The van der Waals surface area contributed by atoms with E-state index >= 15 is 0 Å². The standard InChI is InChI=1S/C18H21F2N/c1-3-5-13-6-4-7-15(10-13)18(21-2)11-14-8-9-16(19)12-17(14)20/h4,6-10,12,18,21H,3,5,11H2,1-2H3. The van der Waals surface area contributed by atoms with Gasteiger partial charge in [0.2, 0.25) is 0 Å². The second-order valence-corrected chi connectivity index (χ2v) is 5.28. The number of aryl methyl sites for hydroxylation is 1. The Labute approximate surface area is 125 Å². The Kier molecular flexibility index (Phi) is 5.45. The molecule has 0 saturated heterocycles. The first-order valence-electron chi connectivity index (χ1n) is 7.34. The van der Waals surface area contributed by atoms with Crippen molar-refractivity contribution in [3.8, 4) is 0 Å². The summed E-state index contributed by atoms with van der Waals surface area (Å²) >= 11 is 0. The number of halogens is 2. The van der Waals surface area contributed by atoms with Crippen LogP contribution in [-0.2, 0) is 12.8 Å². The van der Waals surface area contributed by atoms with Crippen LogP contribution in [-0.4, -0.2) is 7.05 Å². The minimum Gasteiger partial charge on any atom is -0.313 e. The number of likely N-dealkylation sites (N-methyl/N-ethyl adjacent to an activating group) is 1. The van der Waals surface area contributed by atoms with Crippen molar-refractivity contribution in [3.05, 3.63) is 70.8 Å². The first-order chi connectivity index (χ1) is 10.1. The summed E-state index contributed by atoms with van der Waals surface area (Å²) in [5.41, 5.74) is 2.94. The molecule has 1 N–H and O–H groups in total. The molecule has 0 fully saturated rings. The van der Waals surface area contributed by atoms with Crippen molar-refractivity contribution < 1.29 is 8.78 Å². The SMILES string of the molecule is CCCc1cccc(C(Cc2ccc(F)cc2F)NC)c1. The molecule has 0 aliphatic rings. The molecule has 0 aliphatic carbocycles. The molecule has 0 aliphatic heterocycles. The van der Waals surface area contributed by atoms with Gasteiger partial charge in [0.1, 0.15) is 11.6 Å². The number of hydrogen-bond acceptors (Lipinski definition) is 1. The van der Waals surface area contributed by atoms with Crippen LogP contribution in [0.4, 0.5) is 8.78 Å². The van der Waals surface area contributed by atoms with E-state index in [1.54, 1.807) is 0 Å². The fourth-order valence-corrected chi connectivity index (χ4v) is 2.55. The molecule has 0 amide bonds. The first-order valence-corrected chi connectivity index (χ1v) is 7.34. The Balaban J connectivity index is 2.21. The fourth-order valence-electron chi connectivity index (χ4n) is 2.55. The van der Waals surface area contributed by atoms with Crippen LogP contribution >= 0.6 is 0 Å². The van der Waals surface area contributed by atoms with Gasteiger partial charge in [-0.3, -0.25) is 0 Å². The van der Waals surface area contributed by atoms with Gasteiger partial charge in [-0.15, -0.1) is 0 Å². The molecule has 0 spiro atoms. The van der Waals surface area contributed by atoms with E-state index in [1.165, 1.54) is 17.7 Å². The smallest absolute Gasteiger partial charge is 0.129 e. The van der Waals surface area contributed by atoms with E-state index in [0.29, 0.717) is 12.0 Å². The Morgan fingerprint density at radius 2 is 1.90 bits per heavy atom. The molecular weight excluding hydrogens is 268 g/mol. The summed E-state index contributed by atoms with van der Waals surface area (Å²) in [7, 11) is 1.86. The van der Waals surface area contributed by atoms with Crippen LogP contribution in [0.5, 0.6) is 0 Å². The van der Waals surface area contributed by atoms with Gasteiger partial charge in [0.15, 0.2) is 0 Å².